The van der Waals surface area contributed by atoms with E-state index in [4.69, 9.17) is 5.73 Å². The first-order chi connectivity index (χ1) is 7.01. The van der Waals surface area contributed by atoms with Crippen LogP contribution >= 0.6 is 15.9 Å². The summed E-state index contributed by atoms with van der Waals surface area (Å²) in [6, 6.07) is 5.80. The minimum absolute atomic E-state index is 0.0907. The standard InChI is InChI=1S/C11H13BrN2O/c1-7-2-3-9(8(12)6-7)14-10(15)11(13)4-5-11/h2-3,6H,4-5,13H2,1H3,(H,14,15). The zero-order valence-corrected chi connectivity index (χ0v) is 10.1. The maximum absolute atomic E-state index is 11.7. The van der Waals surface area contributed by atoms with Gasteiger partial charge in [0, 0.05) is 4.47 Å². The molecule has 0 atom stereocenters. The summed E-state index contributed by atoms with van der Waals surface area (Å²) < 4.78 is 0.889. The average Bonchev–Trinajstić information content (AvgIpc) is 2.90. The summed E-state index contributed by atoms with van der Waals surface area (Å²) in [7, 11) is 0. The van der Waals surface area contributed by atoms with Crippen molar-refractivity contribution in [3.8, 4) is 0 Å². The van der Waals surface area contributed by atoms with E-state index in [1.807, 2.05) is 25.1 Å². The topological polar surface area (TPSA) is 55.1 Å². The number of halogens is 1. The van der Waals surface area contributed by atoms with Crippen molar-refractivity contribution < 1.29 is 4.79 Å². The van der Waals surface area contributed by atoms with Gasteiger partial charge in [-0.25, -0.2) is 0 Å². The molecule has 0 aliphatic heterocycles. The van der Waals surface area contributed by atoms with Crippen LogP contribution in [0.2, 0.25) is 0 Å². The highest BCUT2D eigenvalue weighted by atomic mass is 79.9. The molecule has 80 valence electrons. The highest BCUT2D eigenvalue weighted by Gasteiger charge is 2.46. The van der Waals surface area contributed by atoms with Gasteiger partial charge in [-0.05, 0) is 53.4 Å². The summed E-state index contributed by atoms with van der Waals surface area (Å²) in [4.78, 5) is 11.7. The van der Waals surface area contributed by atoms with E-state index in [0.29, 0.717) is 0 Å². The first-order valence-electron chi connectivity index (χ1n) is 4.88. The van der Waals surface area contributed by atoms with Crippen molar-refractivity contribution >= 4 is 27.5 Å². The number of anilines is 1. The first kappa shape index (κ1) is 10.6. The van der Waals surface area contributed by atoms with Crippen molar-refractivity contribution in [2.24, 2.45) is 5.73 Å². The van der Waals surface area contributed by atoms with Gasteiger partial charge in [0.15, 0.2) is 0 Å². The molecule has 0 saturated heterocycles. The van der Waals surface area contributed by atoms with Gasteiger partial charge >= 0.3 is 0 Å². The molecule has 4 heteroatoms. The van der Waals surface area contributed by atoms with Gasteiger partial charge in [-0.15, -0.1) is 0 Å². The molecular formula is C11H13BrN2O. The van der Waals surface area contributed by atoms with E-state index in [2.05, 4.69) is 21.2 Å². The number of carbonyl (C=O) groups excluding carboxylic acids is 1. The Hall–Kier alpha value is -0.870. The number of rotatable bonds is 2. The normalized spacial score (nSPS) is 17.3. The second kappa shape index (κ2) is 3.61. The summed E-state index contributed by atoms with van der Waals surface area (Å²) in [6.45, 7) is 2.00. The minimum atomic E-state index is -0.621. The highest BCUT2D eigenvalue weighted by Crippen LogP contribution is 2.34. The van der Waals surface area contributed by atoms with Crippen molar-refractivity contribution in [2.45, 2.75) is 25.3 Å². The second-order valence-corrected chi connectivity index (χ2v) is 4.95. The molecule has 1 saturated carbocycles. The molecule has 1 amide bonds. The van der Waals surface area contributed by atoms with Gasteiger partial charge in [0.25, 0.3) is 0 Å². The molecule has 3 nitrogen and oxygen atoms in total. The zero-order valence-electron chi connectivity index (χ0n) is 8.51. The third-order valence-corrected chi connectivity index (χ3v) is 3.27. The molecule has 0 spiro atoms. The quantitative estimate of drug-likeness (QED) is 0.864. The molecule has 0 bridgehead atoms. The Bertz CT molecular complexity index is 413. The molecule has 0 aromatic heterocycles. The fourth-order valence-corrected chi connectivity index (χ4v) is 1.92. The second-order valence-electron chi connectivity index (χ2n) is 4.09. The van der Waals surface area contributed by atoms with Crippen molar-refractivity contribution in [3.05, 3.63) is 28.2 Å². The van der Waals surface area contributed by atoms with Crippen LogP contribution in [-0.2, 0) is 4.79 Å². The van der Waals surface area contributed by atoms with E-state index >= 15 is 0 Å². The molecular weight excluding hydrogens is 256 g/mol. The third kappa shape index (κ3) is 2.21. The predicted molar refractivity (Wildman–Crippen MR) is 63.7 cm³/mol. The molecule has 1 aliphatic rings. The molecule has 0 heterocycles. The lowest BCUT2D eigenvalue weighted by molar-refractivity contribution is -0.118. The van der Waals surface area contributed by atoms with Crippen molar-refractivity contribution in [3.63, 3.8) is 0 Å². The Balaban J connectivity index is 2.14. The smallest absolute Gasteiger partial charge is 0.244 e. The lowest BCUT2D eigenvalue weighted by Crippen LogP contribution is -2.37. The largest absolute Gasteiger partial charge is 0.323 e. The summed E-state index contributed by atoms with van der Waals surface area (Å²) in [6.07, 6.45) is 1.56. The number of hydrogen-bond acceptors (Lipinski definition) is 2. The van der Waals surface area contributed by atoms with E-state index in [-0.39, 0.29) is 5.91 Å². The van der Waals surface area contributed by atoms with Crippen molar-refractivity contribution in [1.29, 1.82) is 0 Å². The van der Waals surface area contributed by atoms with Crippen molar-refractivity contribution in [2.75, 3.05) is 5.32 Å². The number of nitrogens with one attached hydrogen (secondary N) is 1. The van der Waals surface area contributed by atoms with Crippen LogP contribution in [0.15, 0.2) is 22.7 Å². The summed E-state index contributed by atoms with van der Waals surface area (Å²) in [5, 5.41) is 2.83. The summed E-state index contributed by atoms with van der Waals surface area (Å²) in [5.41, 5.74) is 7.10. The Morgan fingerprint density at radius 2 is 2.20 bits per heavy atom. The van der Waals surface area contributed by atoms with Gasteiger partial charge in [-0.1, -0.05) is 6.07 Å². The lowest BCUT2D eigenvalue weighted by Gasteiger charge is -2.11. The fraction of sp³-hybridized carbons (Fsp3) is 0.364. The number of aryl methyl sites for hydroxylation is 1. The molecule has 3 N–H and O–H groups in total. The van der Waals surface area contributed by atoms with Crippen LogP contribution in [-0.4, -0.2) is 11.4 Å². The maximum Gasteiger partial charge on any atom is 0.244 e. The van der Waals surface area contributed by atoms with Crippen LogP contribution in [0, 0.1) is 6.92 Å². The third-order valence-electron chi connectivity index (χ3n) is 2.61. The van der Waals surface area contributed by atoms with E-state index in [1.54, 1.807) is 0 Å². The van der Waals surface area contributed by atoms with Crippen LogP contribution in [0.25, 0.3) is 0 Å². The van der Waals surface area contributed by atoms with Crippen LogP contribution in [0.4, 0.5) is 5.69 Å². The van der Waals surface area contributed by atoms with Crippen LogP contribution in [0.5, 0.6) is 0 Å². The molecule has 15 heavy (non-hydrogen) atoms. The minimum Gasteiger partial charge on any atom is -0.323 e. The zero-order chi connectivity index (χ0) is 11.1. The number of amides is 1. The molecule has 0 radical (unpaired) electrons. The van der Waals surface area contributed by atoms with E-state index in [9.17, 15) is 4.79 Å². The summed E-state index contributed by atoms with van der Waals surface area (Å²) >= 11 is 3.41. The molecule has 0 unspecified atom stereocenters. The Labute approximate surface area is 97.2 Å². The van der Waals surface area contributed by atoms with E-state index in [1.165, 1.54) is 0 Å². The van der Waals surface area contributed by atoms with Gasteiger partial charge in [-0.3, -0.25) is 4.79 Å². The van der Waals surface area contributed by atoms with Crippen molar-refractivity contribution in [1.82, 2.24) is 0 Å². The Morgan fingerprint density at radius 3 is 2.73 bits per heavy atom. The van der Waals surface area contributed by atoms with Gasteiger partial charge in [0.2, 0.25) is 5.91 Å². The summed E-state index contributed by atoms with van der Waals surface area (Å²) in [5.74, 6) is -0.0907. The SMILES string of the molecule is Cc1ccc(NC(=O)C2(N)CC2)c(Br)c1. The monoisotopic (exact) mass is 268 g/mol. The van der Waals surface area contributed by atoms with Gasteiger partial charge in [0.05, 0.1) is 11.2 Å². The van der Waals surface area contributed by atoms with E-state index in [0.717, 1.165) is 28.6 Å². The van der Waals surface area contributed by atoms with Crippen LogP contribution < -0.4 is 11.1 Å². The Morgan fingerprint density at radius 1 is 1.53 bits per heavy atom. The number of hydrogen-bond donors (Lipinski definition) is 2. The average molecular weight is 269 g/mol. The van der Waals surface area contributed by atoms with Crippen LogP contribution in [0.1, 0.15) is 18.4 Å². The predicted octanol–water partition coefficient (Wildman–Crippen LogP) is 2.19. The molecule has 2 rings (SSSR count). The van der Waals surface area contributed by atoms with E-state index < -0.39 is 5.54 Å². The Kier molecular flexibility index (Phi) is 2.56. The maximum atomic E-state index is 11.7. The molecule has 1 aliphatic carbocycles. The fourth-order valence-electron chi connectivity index (χ4n) is 1.33. The number of carbonyl (C=O) groups is 1. The number of nitrogens with two attached hydrogens (primary N) is 1. The highest BCUT2D eigenvalue weighted by molar-refractivity contribution is 9.10. The van der Waals surface area contributed by atoms with Gasteiger partial charge in [0.1, 0.15) is 0 Å². The molecule has 1 aromatic rings. The van der Waals surface area contributed by atoms with Gasteiger partial charge < -0.3 is 11.1 Å². The lowest BCUT2D eigenvalue weighted by atomic mass is 10.2. The van der Waals surface area contributed by atoms with Gasteiger partial charge in [-0.2, -0.15) is 0 Å². The van der Waals surface area contributed by atoms with Crippen LogP contribution in [0.3, 0.4) is 0 Å². The number of benzene rings is 1. The molecule has 1 aromatic carbocycles. The first-order valence-corrected chi connectivity index (χ1v) is 5.67. The molecule has 1 fully saturated rings.